The molecule has 0 unspecified atom stereocenters. The number of amidine groups is 1. The van der Waals surface area contributed by atoms with Crippen molar-refractivity contribution in [1.29, 1.82) is 10.5 Å². The average molecular weight is 328 g/mol. The van der Waals surface area contributed by atoms with Crippen LogP contribution < -0.4 is 10.1 Å². The summed E-state index contributed by atoms with van der Waals surface area (Å²) in [5.41, 5.74) is 2.32. The van der Waals surface area contributed by atoms with Gasteiger partial charge in [0, 0.05) is 11.1 Å². The van der Waals surface area contributed by atoms with E-state index in [0.717, 1.165) is 16.8 Å². The molecule has 0 radical (unpaired) electrons. The number of nitriles is 2. The molecule has 1 N–H and O–H groups in total. The first-order valence-electron chi connectivity index (χ1n) is 7.78. The molecule has 0 spiro atoms. The number of nitrogens with zero attached hydrogens (tertiary/aromatic N) is 3. The first-order chi connectivity index (χ1) is 12.0. The van der Waals surface area contributed by atoms with E-state index in [1.165, 1.54) is 0 Å². The number of ether oxygens (including phenoxy) is 1. The molecule has 5 nitrogen and oxygen atoms in total. The van der Waals surface area contributed by atoms with Gasteiger partial charge in [0.25, 0.3) is 0 Å². The summed E-state index contributed by atoms with van der Waals surface area (Å²) in [5.74, 6) is 1.12. The Morgan fingerprint density at radius 3 is 2.56 bits per heavy atom. The summed E-state index contributed by atoms with van der Waals surface area (Å²) < 4.78 is 5.97. The van der Waals surface area contributed by atoms with Crippen molar-refractivity contribution in [1.82, 2.24) is 5.32 Å². The normalized spacial score (nSPS) is 15.0. The number of hydrogen-bond donors (Lipinski definition) is 1. The second kappa shape index (κ2) is 6.51. The molecule has 122 valence electrons. The lowest BCUT2D eigenvalue weighted by atomic mass is 9.97. The third-order valence-corrected chi connectivity index (χ3v) is 3.73. The van der Waals surface area contributed by atoms with Gasteiger partial charge in [-0.1, -0.05) is 30.3 Å². The first kappa shape index (κ1) is 16.3. The van der Waals surface area contributed by atoms with Gasteiger partial charge in [-0.25, -0.2) is 0 Å². The highest BCUT2D eigenvalue weighted by atomic mass is 16.5. The zero-order chi connectivity index (χ0) is 17.9. The van der Waals surface area contributed by atoms with Gasteiger partial charge in [0.05, 0.1) is 17.3 Å². The molecule has 2 aromatic rings. The number of rotatable bonds is 2. The molecule has 0 saturated carbocycles. The van der Waals surface area contributed by atoms with Crippen LogP contribution in [0.1, 0.15) is 30.5 Å². The highest BCUT2D eigenvalue weighted by Crippen LogP contribution is 2.35. The first-order valence-corrected chi connectivity index (χ1v) is 7.78. The fourth-order valence-corrected chi connectivity index (χ4v) is 2.68. The summed E-state index contributed by atoms with van der Waals surface area (Å²) >= 11 is 0. The summed E-state index contributed by atoms with van der Waals surface area (Å²) in [7, 11) is 0. The number of hydrogen-bond acceptors (Lipinski definition) is 4. The SMILES string of the molecule is CC1(C)C=C(N/C(=N\C#N)c2ccccc2)c2cc(C#N)ccc2O1. The average Bonchev–Trinajstić information content (AvgIpc) is 2.61. The minimum atomic E-state index is -0.530. The Balaban J connectivity index is 2.06. The van der Waals surface area contributed by atoms with Crippen LogP contribution in [0.25, 0.3) is 5.70 Å². The fourth-order valence-electron chi connectivity index (χ4n) is 2.68. The maximum Gasteiger partial charge on any atom is 0.207 e. The molecule has 1 heterocycles. The van der Waals surface area contributed by atoms with E-state index >= 15 is 0 Å². The van der Waals surface area contributed by atoms with E-state index in [4.69, 9.17) is 10.00 Å². The Hall–Kier alpha value is -3.57. The summed E-state index contributed by atoms with van der Waals surface area (Å²) in [6, 6.07) is 16.8. The van der Waals surface area contributed by atoms with E-state index < -0.39 is 5.60 Å². The smallest absolute Gasteiger partial charge is 0.207 e. The summed E-state index contributed by atoms with van der Waals surface area (Å²) in [6.45, 7) is 3.89. The standard InChI is InChI=1S/C20H16N4O/c1-20(2)11-17(16-10-14(12-21)8-9-18(16)25-20)24-19(23-13-22)15-6-4-3-5-7-15/h3-11H,1-2H3,(H,23,24). The van der Waals surface area contributed by atoms with Crippen LogP contribution in [-0.2, 0) is 0 Å². The predicted octanol–water partition coefficient (Wildman–Crippen LogP) is 3.59. The van der Waals surface area contributed by atoms with Crippen molar-refractivity contribution in [2.24, 2.45) is 4.99 Å². The molecular weight excluding hydrogens is 312 g/mol. The van der Waals surface area contributed by atoms with Crippen molar-refractivity contribution in [2.45, 2.75) is 19.4 Å². The molecule has 1 aliphatic heterocycles. The van der Waals surface area contributed by atoms with Gasteiger partial charge >= 0.3 is 0 Å². The van der Waals surface area contributed by atoms with Gasteiger partial charge in [-0.2, -0.15) is 15.5 Å². The Morgan fingerprint density at radius 1 is 1.12 bits per heavy atom. The lowest BCUT2D eigenvalue weighted by molar-refractivity contribution is 0.157. The third-order valence-electron chi connectivity index (χ3n) is 3.73. The van der Waals surface area contributed by atoms with E-state index in [9.17, 15) is 5.26 Å². The molecule has 2 aromatic carbocycles. The molecule has 5 heteroatoms. The zero-order valence-electron chi connectivity index (χ0n) is 13.9. The topological polar surface area (TPSA) is 81.2 Å². The van der Waals surface area contributed by atoms with Crippen LogP contribution in [-0.4, -0.2) is 11.4 Å². The molecule has 0 aromatic heterocycles. The van der Waals surface area contributed by atoms with E-state index in [1.807, 2.05) is 56.4 Å². The van der Waals surface area contributed by atoms with Gasteiger partial charge in [-0.15, -0.1) is 0 Å². The van der Waals surface area contributed by atoms with Crippen molar-refractivity contribution >= 4 is 11.5 Å². The molecule has 0 aliphatic carbocycles. The lowest BCUT2D eigenvalue weighted by Gasteiger charge is -2.31. The van der Waals surface area contributed by atoms with Gasteiger partial charge in [0.15, 0.2) is 0 Å². The van der Waals surface area contributed by atoms with Crippen molar-refractivity contribution in [3.8, 4) is 18.0 Å². The van der Waals surface area contributed by atoms with Crippen molar-refractivity contribution < 1.29 is 4.74 Å². The van der Waals surface area contributed by atoms with Crippen LogP contribution in [0, 0.1) is 22.8 Å². The van der Waals surface area contributed by atoms with Crippen LogP contribution in [0.3, 0.4) is 0 Å². The lowest BCUT2D eigenvalue weighted by Crippen LogP contribution is -2.33. The molecule has 0 saturated heterocycles. The fraction of sp³-hybridized carbons (Fsp3) is 0.150. The number of aliphatic imine (C=N–C) groups is 1. The Labute approximate surface area is 146 Å². The minimum absolute atomic E-state index is 0.445. The monoisotopic (exact) mass is 328 g/mol. The van der Waals surface area contributed by atoms with Gasteiger partial charge in [-0.05, 0) is 38.1 Å². The second-order valence-electron chi connectivity index (χ2n) is 6.14. The van der Waals surface area contributed by atoms with Gasteiger partial charge < -0.3 is 10.1 Å². The van der Waals surface area contributed by atoms with Crippen LogP contribution in [0.15, 0.2) is 59.6 Å². The minimum Gasteiger partial charge on any atom is -0.483 e. The van der Waals surface area contributed by atoms with Crippen molar-refractivity contribution in [2.75, 3.05) is 0 Å². The Bertz CT molecular complexity index is 944. The van der Waals surface area contributed by atoms with Crippen molar-refractivity contribution in [3.63, 3.8) is 0 Å². The summed E-state index contributed by atoms with van der Waals surface area (Å²) in [6.07, 6.45) is 3.76. The summed E-state index contributed by atoms with van der Waals surface area (Å²) in [5, 5.41) is 21.5. The zero-order valence-corrected chi connectivity index (χ0v) is 13.9. The van der Waals surface area contributed by atoms with E-state index in [1.54, 1.807) is 18.2 Å². The maximum atomic E-state index is 9.17. The van der Waals surface area contributed by atoms with E-state index in [-0.39, 0.29) is 0 Å². The van der Waals surface area contributed by atoms with E-state index in [0.29, 0.717) is 17.1 Å². The number of nitrogens with one attached hydrogen (secondary N) is 1. The van der Waals surface area contributed by atoms with Crippen LogP contribution in [0.2, 0.25) is 0 Å². The van der Waals surface area contributed by atoms with Crippen molar-refractivity contribution in [3.05, 3.63) is 71.3 Å². The van der Waals surface area contributed by atoms with Gasteiger partial charge in [-0.3, -0.25) is 0 Å². The molecular formula is C20H16N4O. The second-order valence-corrected chi connectivity index (χ2v) is 6.14. The van der Waals surface area contributed by atoms with Crippen LogP contribution >= 0.6 is 0 Å². The van der Waals surface area contributed by atoms with E-state index in [2.05, 4.69) is 16.4 Å². The summed E-state index contributed by atoms with van der Waals surface area (Å²) in [4.78, 5) is 3.92. The molecule has 1 aliphatic rings. The Kier molecular flexibility index (Phi) is 4.24. The van der Waals surface area contributed by atoms with Crippen LogP contribution in [0.4, 0.5) is 0 Å². The Morgan fingerprint density at radius 2 is 1.88 bits per heavy atom. The molecule has 0 fully saturated rings. The highest BCUT2D eigenvalue weighted by molar-refractivity contribution is 6.04. The van der Waals surface area contributed by atoms with Gasteiger partial charge in [0.2, 0.25) is 6.19 Å². The van der Waals surface area contributed by atoms with Crippen LogP contribution in [0.5, 0.6) is 5.75 Å². The molecule has 3 rings (SSSR count). The molecule has 0 bridgehead atoms. The molecule has 0 atom stereocenters. The largest absolute Gasteiger partial charge is 0.483 e. The number of fused-ring (bicyclic) bond motifs is 1. The highest BCUT2D eigenvalue weighted by Gasteiger charge is 2.27. The molecule has 0 amide bonds. The number of benzene rings is 2. The quantitative estimate of drug-likeness (QED) is 0.519. The molecule has 25 heavy (non-hydrogen) atoms. The predicted molar refractivity (Wildman–Crippen MR) is 95.6 cm³/mol. The van der Waals surface area contributed by atoms with Gasteiger partial charge in [0.1, 0.15) is 17.2 Å². The third kappa shape index (κ3) is 3.52. The maximum absolute atomic E-state index is 9.17.